The smallest absolute Gasteiger partial charge is 0.0466 e. The monoisotopic (exact) mass is 412 g/mol. The first kappa shape index (κ1) is 11.7. The Morgan fingerprint density at radius 1 is 0.647 bits per heavy atom. The van der Waals surface area contributed by atoms with Gasteiger partial charge in [0.2, 0.25) is 0 Å². The molecule has 0 heterocycles. The van der Waals surface area contributed by atoms with Gasteiger partial charge in [-0.1, -0.05) is 24.3 Å². The molecule has 3 aromatic rings. The SMILES string of the molecule is Brc1cc2cc3ccccc3cc2c(Br)c1Br. The Morgan fingerprint density at radius 2 is 1.29 bits per heavy atom. The van der Waals surface area contributed by atoms with Crippen molar-refractivity contribution in [1.82, 2.24) is 0 Å². The van der Waals surface area contributed by atoms with Crippen molar-refractivity contribution in [2.24, 2.45) is 0 Å². The maximum absolute atomic E-state index is 3.64. The lowest BCUT2D eigenvalue weighted by Gasteiger charge is -2.07. The molecule has 0 aliphatic rings. The van der Waals surface area contributed by atoms with E-state index in [1.165, 1.54) is 21.5 Å². The van der Waals surface area contributed by atoms with Gasteiger partial charge in [-0.3, -0.25) is 0 Å². The van der Waals surface area contributed by atoms with Gasteiger partial charge < -0.3 is 0 Å². The Balaban J connectivity index is 2.52. The minimum Gasteiger partial charge on any atom is -0.0616 e. The van der Waals surface area contributed by atoms with Crippen LogP contribution in [0.25, 0.3) is 21.5 Å². The molecule has 0 N–H and O–H groups in total. The first-order chi connectivity index (χ1) is 8.16. The summed E-state index contributed by atoms with van der Waals surface area (Å²) in [4.78, 5) is 0. The van der Waals surface area contributed by atoms with Gasteiger partial charge in [-0.05, 0) is 87.5 Å². The maximum Gasteiger partial charge on any atom is 0.0466 e. The van der Waals surface area contributed by atoms with Crippen molar-refractivity contribution in [1.29, 1.82) is 0 Å². The Kier molecular flexibility index (Phi) is 3.01. The van der Waals surface area contributed by atoms with Crippen molar-refractivity contribution in [3.05, 3.63) is 55.9 Å². The molecule has 0 bridgehead atoms. The van der Waals surface area contributed by atoms with Crippen LogP contribution in [0.4, 0.5) is 0 Å². The predicted octanol–water partition coefficient (Wildman–Crippen LogP) is 6.28. The van der Waals surface area contributed by atoms with Crippen LogP contribution in [0.1, 0.15) is 0 Å². The highest BCUT2D eigenvalue weighted by Crippen LogP contribution is 2.38. The summed E-state index contributed by atoms with van der Waals surface area (Å²) in [6.45, 7) is 0. The summed E-state index contributed by atoms with van der Waals surface area (Å²) in [7, 11) is 0. The minimum atomic E-state index is 1.06. The fraction of sp³-hybridized carbons (Fsp3) is 0. The Hall–Kier alpha value is -0.380. The van der Waals surface area contributed by atoms with Gasteiger partial charge in [0.25, 0.3) is 0 Å². The molecule has 3 rings (SSSR count). The fourth-order valence-corrected chi connectivity index (χ4v) is 3.59. The van der Waals surface area contributed by atoms with Gasteiger partial charge in [0.15, 0.2) is 0 Å². The second-order valence-electron chi connectivity index (χ2n) is 3.91. The maximum atomic E-state index is 3.64. The van der Waals surface area contributed by atoms with Gasteiger partial charge in [0, 0.05) is 13.4 Å². The van der Waals surface area contributed by atoms with E-state index in [2.05, 4.69) is 90.3 Å². The Bertz CT molecular complexity index is 732. The summed E-state index contributed by atoms with van der Waals surface area (Å²) >= 11 is 10.8. The zero-order chi connectivity index (χ0) is 12.0. The average molecular weight is 415 g/mol. The fourth-order valence-electron chi connectivity index (χ4n) is 1.99. The molecular weight excluding hydrogens is 408 g/mol. The van der Waals surface area contributed by atoms with E-state index in [1.807, 2.05) is 0 Å². The molecule has 3 aromatic carbocycles. The first-order valence-corrected chi connectivity index (χ1v) is 7.51. The van der Waals surface area contributed by atoms with Gasteiger partial charge in [-0.15, -0.1) is 0 Å². The molecule has 17 heavy (non-hydrogen) atoms. The summed E-state index contributed by atoms with van der Waals surface area (Å²) in [6.07, 6.45) is 0. The third-order valence-corrected chi connectivity index (χ3v) is 6.18. The molecule has 0 aromatic heterocycles. The number of fused-ring (bicyclic) bond motifs is 2. The summed E-state index contributed by atoms with van der Waals surface area (Å²) in [5.74, 6) is 0. The van der Waals surface area contributed by atoms with E-state index < -0.39 is 0 Å². The minimum absolute atomic E-state index is 1.06. The largest absolute Gasteiger partial charge is 0.0616 e. The van der Waals surface area contributed by atoms with Crippen LogP contribution in [0.2, 0.25) is 0 Å². The standard InChI is InChI=1S/C14H7Br3/c15-12-7-10-5-8-3-1-2-4-9(8)6-11(10)13(16)14(12)17/h1-7H. The molecule has 0 saturated heterocycles. The third-order valence-electron chi connectivity index (χ3n) is 2.84. The summed E-state index contributed by atoms with van der Waals surface area (Å²) in [5, 5.41) is 4.97. The molecule has 0 nitrogen and oxygen atoms in total. The van der Waals surface area contributed by atoms with E-state index in [0.717, 1.165) is 13.4 Å². The highest BCUT2D eigenvalue weighted by atomic mass is 79.9. The van der Waals surface area contributed by atoms with Crippen molar-refractivity contribution in [2.45, 2.75) is 0 Å². The summed E-state index contributed by atoms with van der Waals surface area (Å²) in [6, 6.07) is 15.0. The van der Waals surface area contributed by atoms with Crippen molar-refractivity contribution in [3.8, 4) is 0 Å². The van der Waals surface area contributed by atoms with Crippen LogP contribution in [0.3, 0.4) is 0 Å². The van der Waals surface area contributed by atoms with E-state index in [0.29, 0.717) is 0 Å². The van der Waals surface area contributed by atoms with Crippen molar-refractivity contribution in [2.75, 3.05) is 0 Å². The van der Waals surface area contributed by atoms with E-state index in [-0.39, 0.29) is 0 Å². The van der Waals surface area contributed by atoms with E-state index in [1.54, 1.807) is 0 Å². The molecule has 84 valence electrons. The summed E-state index contributed by atoms with van der Waals surface area (Å²) in [5.41, 5.74) is 0. The molecular formula is C14H7Br3. The van der Waals surface area contributed by atoms with Gasteiger partial charge in [0.05, 0.1) is 0 Å². The van der Waals surface area contributed by atoms with Crippen LogP contribution in [0.15, 0.2) is 55.9 Å². The molecule has 0 aliphatic carbocycles. The number of hydrogen-bond donors (Lipinski definition) is 0. The molecule has 0 saturated carbocycles. The van der Waals surface area contributed by atoms with Crippen LogP contribution >= 0.6 is 47.8 Å². The van der Waals surface area contributed by atoms with Crippen molar-refractivity contribution in [3.63, 3.8) is 0 Å². The van der Waals surface area contributed by atoms with Gasteiger partial charge in [-0.2, -0.15) is 0 Å². The molecule has 0 unspecified atom stereocenters. The Labute approximate surface area is 124 Å². The quantitative estimate of drug-likeness (QED) is 0.300. The van der Waals surface area contributed by atoms with Crippen molar-refractivity contribution < 1.29 is 0 Å². The molecule has 0 aliphatic heterocycles. The highest BCUT2D eigenvalue weighted by Gasteiger charge is 2.08. The number of hydrogen-bond acceptors (Lipinski definition) is 0. The predicted molar refractivity (Wildman–Crippen MR) is 84.6 cm³/mol. The average Bonchev–Trinajstić information content (AvgIpc) is 2.34. The second kappa shape index (κ2) is 4.38. The zero-order valence-electron chi connectivity index (χ0n) is 8.68. The van der Waals surface area contributed by atoms with E-state index >= 15 is 0 Å². The molecule has 0 atom stereocenters. The van der Waals surface area contributed by atoms with Gasteiger partial charge in [-0.25, -0.2) is 0 Å². The van der Waals surface area contributed by atoms with Crippen LogP contribution in [-0.2, 0) is 0 Å². The molecule has 0 amide bonds. The number of rotatable bonds is 0. The first-order valence-electron chi connectivity index (χ1n) is 5.13. The molecule has 0 radical (unpaired) electrons. The van der Waals surface area contributed by atoms with Crippen molar-refractivity contribution >= 4 is 69.3 Å². The molecule has 3 heteroatoms. The molecule has 0 spiro atoms. The van der Waals surface area contributed by atoms with E-state index in [9.17, 15) is 0 Å². The third kappa shape index (κ3) is 1.94. The van der Waals surface area contributed by atoms with Gasteiger partial charge >= 0.3 is 0 Å². The van der Waals surface area contributed by atoms with Crippen LogP contribution in [-0.4, -0.2) is 0 Å². The Morgan fingerprint density at radius 3 is 2.00 bits per heavy atom. The summed E-state index contributed by atoms with van der Waals surface area (Å²) < 4.78 is 3.21. The lowest BCUT2D eigenvalue weighted by molar-refractivity contribution is 1.61. The normalized spacial score (nSPS) is 11.2. The second-order valence-corrected chi connectivity index (χ2v) is 6.35. The number of benzene rings is 3. The van der Waals surface area contributed by atoms with Gasteiger partial charge in [0.1, 0.15) is 0 Å². The highest BCUT2D eigenvalue weighted by molar-refractivity contribution is 9.14. The molecule has 0 fully saturated rings. The van der Waals surface area contributed by atoms with E-state index in [4.69, 9.17) is 0 Å². The lowest BCUT2D eigenvalue weighted by atomic mass is 10.0. The lowest BCUT2D eigenvalue weighted by Crippen LogP contribution is -1.81. The van der Waals surface area contributed by atoms with Crippen LogP contribution < -0.4 is 0 Å². The number of halogens is 3. The zero-order valence-corrected chi connectivity index (χ0v) is 13.4. The topological polar surface area (TPSA) is 0 Å². The van der Waals surface area contributed by atoms with Crippen LogP contribution in [0.5, 0.6) is 0 Å². The van der Waals surface area contributed by atoms with Crippen LogP contribution in [0, 0.1) is 0 Å².